The van der Waals surface area contributed by atoms with Gasteiger partial charge >= 0.3 is 0 Å². The van der Waals surface area contributed by atoms with E-state index in [0.29, 0.717) is 49.4 Å². The summed E-state index contributed by atoms with van der Waals surface area (Å²) in [6.45, 7) is 14.0. The Labute approximate surface area is 275 Å². The molecule has 3 heterocycles. The first-order valence-corrected chi connectivity index (χ1v) is 16.1. The van der Waals surface area contributed by atoms with Crippen LogP contribution in [-0.4, -0.2) is 86.3 Å². The Morgan fingerprint density at radius 2 is 1.71 bits per heavy atom. The summed E-state index contributed by atoms with van der Waals surface area (Å²) in [6.07, 6.45) is 4.53. The average molecular weight is 652 g/mol. The molecule has 1 N–H and O–H groups in total. The number of hydrogen-bond donors (Lipinski definition) is 1. The van der Waals surface area contributed by atoms with Gasteiger partial charge in [0.1, 0.15) is 23.3 Å². The summed E-state index contributed by atoms with van der Waals surface area (Å²) in [6, 6.07) is 11.4. The number of fused-ring (bicyclic) bond motifs is 1. The molecule has 1 aliphatic heterocycles. The van der Waals surface area contributed by atoms with E-state index in [0.717, 1.165) is 69.2 Å². The highest BCUT2D eigenvalue weighted by molar-refractivity contribution is 6.37. The molecule has 238 valence electrons. The lowest BCUT2D eigenvalue weighted by Crippen LogP contribution is -2.46. The van der Waals surface area contributed by atoms with Crippen LogP contribution in [0.15, 0.2) is 47.2 Å². The van der Waals surface area contributed by atoms with Crippen molar-refractivity contribution in [3.05, 3.63) is 64.2 Å². The van der Waals surface area contributed by atoms with Crippen molar-refractivity contribution in [2.75, 3.05) is 71.9 Å². The highest BCUT2D eigenvalue weighted by Crippen LogP contribution is 2.41. The van der Waals surface area contributed by atoms with E-state index < -0.39 is 0 Å². The second kappa shape index (κ2) is 15.2. The van der Waals surface area contributed by atoms with E-state index in [1.54, 1.807) is 31.7 Å². The topological polar surface area (TPSA) is 90.0 Å². The number of piperazine rings is 1. The third-order valence-corrected chi connectivity index (χ3v) is 9.07. The maximum atomic E-state index is 9.90. The van der Waals surface area contributed by atoms with Gasteiger partial charge in [-0.05, 0) is 56.9 Å². The third-order valence-electron chi connectivity index (χ3n) is 8.46. The number of nitrogens with one attached hydrogen (secondary N) is 1. The molecule has 2 aromatic heterocycles. The Morgan fingerprint density at radius 1 is 0.978 bits per heavy atom. The van der Waals surface area contributed by atoms with Gasteiger partial charge in [-0.2, -0.15) is 5.26 Å². The summed E-state index contributed by atoms with van der Waals surface area (Å²) in [7, 11) is 3.16. The Morgan fingerprint density at radius 3 is 2.40 bits per heavy atom. The number of methoxy groups -OCH3 is 2. The van der Waals surface area contributed by atoms with Crippen LogP contribution in [0.5, 0.6) is 11.5 Å². The van der Waals surface area contributed by atoms with Crippen molar-refractivity contribution in [3.63, 3.8) is 0 Å². The van der Waals surface area contributed by atoms with Crippen molar-refractivity contribution in [1.82, 2.24) is 19.7 Å². The zero-order valence-corrected chi connectivity index (χ0v) is 27.8. The van der Waals surface area contributed by atoms with Crippen LogP contribution in [0.4, 0.5) is 11.4 Å². The van der Waals surface area contributed by atoms with Crippen molar-refractivity contribution in [2.45, 2.75) is 26.8 Å². The fourth-order valence-corrected chi connectivity index (χ4v) is 6.31. The fourth-order valence-electron chi connectivity index (χ4n) is 5.80. The van der Waals surface area contributed by atoms with Crippen LogP contribution in [0.1, 0.15) is 31.6 Å². The Hall–Kier alpha value is -3.52. The minimum atomic E-state index is 0.358. The van der Waals surface area contributed by atoms with Gasteiger partial charge in [0, 0.05) is 55.0 Å². The molecule has 0 unspecified atom stereocenters. The molecule has 0 aliphatic carbocycles. The van der Waals surface area contributed by atoms with Crippen LogP contribution in [-0.2, 0) is 6.54 Å². The van der Waals surface area contributed by atoms with E-state index in [1.165, 1.54) is 20.1 Å². The second-order valence-corrected chi connectivity index (χ2v) is 11.9. The normalized spacial score (nSPS) is 14.2. The molecule has 1 fully saturated rings. The number of hydrogen-bond acceptors (Lipinski definition) is 9. The maximum absolute atomic E-state index is 9.90. The standard InChI is InChI=1S/C34H40Cl2N6O3/c1-5-40(6-2)8-7-9-41-10-12-42(13-11-41)21-25-14-23(22-45-25)26-15-30-27(16-32(26)43-3)34(24(19-37)20-38-30)39-31-18-33(44-4)29(36)17-28(31)35/h14-18,20,22H,5-13,21H2,1-4H3,(H,38,39). The lowest BCUT2D eigenvalue weighted by atomic mass is 10.0. The summed E-state index contributed by atoms with van der Waals surface area (Å²) in [5.41, 5.74) is 3.90. The van der Waals surface area contributed by atoms with Gasteiger partial charge in [-0.1, -0.05) is 37.0 Å². The second-order valence-electron chi connectivity index (χ2n) is 11.1. The minimum absolute atomic E-state index is 0.358. The van der Waals surface area contributed by atoms with E-state index in [9.17, 15) is 5.26 Å². The molecular formula is C34H40Cl2N6O3. The van der Waals surface area contributed by atoms with Crippen LogP contribution in [0.3, 0.4) is 0 Å². The summed E-state index contributed by atoms with van der Waals surface area (Å²) in [4.78, 5) is 12.1. The van der Waals surface area contributed by atoms with Crippen molar-refractivity contribution in [1.29, 1.82) is 5.26 Å². The molecular weight excluding hydrogens is 611 g/mol. The SMILES string of the molecule is CCN(CC)CCCN1CCN(Cc2cc(-c3cc4ncc(C#N)c(Nc5cc(OC)c(Cl)cc5Cl)c4cc3OC)co2)CC1. The largest absolute Gasteiger partial charge is 0.496 e. The van der Waals surface area contributed by atoms with Gasteiger partial charge in [0.2, 0.25) is 0 Å². The molecule has 4 aromatic rings. The first-order valence-electron chi connectivity index (χ1n) is 15.3. The maximum Gasteiger partial charge on any atom is 0.139 e. The lowest BCUT2D eigenvalue weighted by Gasteiger charge is -2.34. The number of anilines is 2. The Kier molecular flexibility index (Phi) is 11.1. The molecule has 11 heteroatoms. The van der Waals surface area contributed by atoms with Crippen LogP contribution in [0.2, 0.25) is 10.0 Å². The number of rotatable bonds is 13. The third kappa shape index (κ3) is 7.66. The van der Waals surface area contributed by atoms with E-state index in [1.807, 2.05) is 12.1 Å². The molecule has 1 aliphatic rings. The summed E-state index contributed by atoms with van der Waals surface area (Å²) >= 11 is 12.7. The summed E-state index contributed by atoms with van der Waals surface area (Å²) < 4.78 is 17.2. The number of benzene rings is 2. The van der Waals surface area contributed by atoms with Gasteiger partial charge in [0.25, 0.3) is 0 Å². The van der Waals surface area contributed by atoms with Crippen molar-refractivity contribution >= 4 is 45.5 Å². The van der Waals surface area contributed by atoms with E-state index in [2.05, 4.69) is 51.0 Å². The number of aromatic nitrogens is 1. The molecule has 0 atom stereocenters. The van der Waals surface area contributed by atoms with Crippen molar-refractivity contribution < 1.29 is 13.9 Å². The number of pyridine rings is 1. The van der Waals surface area contributed by atoms with Gasteiger partial charge in [-0.25, -0.2) is 0 Å². The highest BCUT2D eigenvalue weighted by Gasteiger charge is 2.21. The molecule has 45 heavy (non-hydrogen) atoms. The minimum Gasteiger partial charge on any atom is -0.496 e. The molecule has 0 bridgehead atoms. The monoisotopic (exact) mass is 650 g/mol. The van der Waals surface area contributed by atoms with Gasteiger partial charge in [0.15, 0.2) is 0 Å². The molecule has 0 radical (unpaired) electrons. The molecule has 2 aromatic carbocycles. The van der Waals surface area contributed by atoms with E-state index in [4.69, 9.17) is 37.1 Å². The predicted octanol–water partition coefficient (Wildman–Crippen LogP) is 7.28. The highest BCUT2D eigenvalue weighted by atomic mass is 35.5. The fraction of sp³-hybridized carbons (Fsp3) is 0.412. The number of furan rings is 1. The number of nitriles is 1. The number of ether oxygens (including phenoxy) is 2. The van der Waals surface area contributed by atoms with Gasteiger partial charge in [-0.15, -0.1) is 0 Å². The van der Waals surface area contributed by atoms with Gasteiger partial charge in [-0.3, -0.25) is 9.88 Å². The van der Waals surface area contributed by atoms with Crippen molar-refractivity contribution in [2.24, 2.45) is 0 Å². The molecule has 5 rings (SSSR count). The smallest absolute Gasteiger partial charge is 0.139 e. The van der Waals surface area contributed by atoms with Gasteiger partial charge in [0.05, 0.1) is 59.5 Å². The Balaban J connectivity index is 1.32. The summed E-state index contributed by atoms with van der Waals surface area (Å²) in [5, 5.41) is 14.7. The van der Waals surface area contributed by atoms with E-state index >= 15 is 0 Å². The van der Waals surface area contributed by atoms with Crippen molar-refractivity contribution in [3.8, 4) is 28.7 Å². The zero-order chi connectivity index (χ0) is 31.9. The van der Waals surface area contributed by atoms with Gasteiger partial charge < -0.3 is 29.0 Å². The molecule has 0 saturated carbocycles. The number of nitrogens with zero attached hydrogens (tertiary/aromatic N) is 5. The van der Waals surface area contributed by atoms with Crippen LogP contribution < -0.4 is 14.8 Å². The summed E-state index contributed by atoms with van der Waals surface area (Å²) in [5.74, 6) is 2.00. The van der Waals surface area contributed by atoms with E-state index in [-0.39, 0.29) is 0 Å². The predicted molar refractivity (Wildman–Crippen MR) is 181 cm³/mol. The molecule has 1 saturated heterocycles. The Bertz CT molecular complexity index is 1660. The zero-order valence-electron chi connectivity index (χ0n) is 26.3. The quantitative estimate of drug-likeness (QED) is 0.160. The average Bonchev–Trinajstić information content (AvgIpc) is 3.52. The lowest BCUT2D eigenvalue weighted by molar-refractivity contribution is 0.116. The van der Waals surface area contributed by atoms with Crippen LogP contribution in [0, 0.1) is 11.3 Å². The van der Waals surface area contributed by atoms with Crippen LogP contribution >= 0.6 is 23.2 Å². The van der Waals surface area contributed by atoms with Crippen LogP contribution in [0.25, 0.3) is 22.0 Å². The molecule has 9 nitrogen and oxygen atoms in total. The molecule has 0 spiro atoms. The first-order chi connectivity index (χ1) is 21.9. The first kappa shape index (κ1) is 32.9. The molecule has 0 amide bonds. The number of halogens is 2.